The summed E-state index contributed by atoms with van der Waals surface area (Å²) in [7, 11) is 0. The summed E-state index contributed by atoms with van der Waals surface area (Å²) >= 11 is 2.96. The highest BCUT2D eigenvalue weighted by atomic mass is 32.1. The summed E-state index contributed by atoms with van der Waals surface area (Å²) in [5.74, 6) is -0.0778. The van der Waals surface area contributed by atoms with Gasteiger partial charge in [-0.1, -0.05) is 0 Å². The average Bonchev–Trinajstić information content (AvgIpc) is 3.12. The maximum atomic E-state index is 11.1. The number of hydrogen-bond acceptors (Lipinski definition) is 6. The van der Waals surface area contributed by atoms with E-state index in [1.807, 2.05) is 0 Å². The molecule has 0 amide bonds. The summed E-state index contributed by atoms with van der Waals surface area (Å²) in [4.78, 5) is 24.3. The molecule has 1 aliphatic rings. The van der Waals surface area contributed by atoms with Crippen LogP contribution < -0.4 is 4.90 Å². The van der Waals surface area contributed by atoms with Gasteiger partial charge in [0.25, 0.3) is 0 Å². The van der Waals surface area contributed by atoms with Crippen molar-refractivity contribution in [1.82, 2.24) is 9.97 Å². The van der Waals surface area contributed by atoms with Crippen molar-refractivity contribution in [2.45, 2.75) is 13.0 Å². The van der Waals surface area contributed by atoms with E-state index >= 15 is 0 Å². The molecule has 0 bridgehead atoms. The fourth-order valence-corrected chi connectivity index (χ4v) is 4.40. The second-order valence-electron chi connectivity index (χ2n) is 4.87. The van der Waals surface area contributed by atoms with Gasteiger partial charge in [0, 0.05) is 11.4 Å². The molecular weight excluding hydrogens is 306 g/mol. The van der Waals surface area contributed by atoms with Crippen LogP contribution in [0, 0.1) is 0 Å². The molecule has 21 heavy (non-hydrogen) atoms. The Hall–Kier alpha value is -1.99. The maximum Gasteiger partial charge on any atom is 0.345 e. The van der Waals surface area contributed by atoms with Gasteiger partial charge in [-0.15, -0.1) is 22.7 Å². The first-order chi connectivity index (χ1) is 10.2. The number of rotatable bonds is 2. The Kier molecular flexibility index (Phi) is 2.90. The van der Waals surface area contributed by atoms with Crippen molar-refractivity contribution in [3.05, 3.63) is 39.2 Å². The highest BCUT2D eigenvalue weighted by Gasteiger charge is 2.22. The van der Waals surface area contributed by atoms with Crippen molar-refractivity contribution in [1.29, 1.82) is 0 Å². The third-order valence-corrected chi connectivity index (χ3v) is 5.62. The number of anilines is 1. The monoisotopic (exact) mass is 317 g/mol. The number of hydrogen-bond donors (Lipinski definition) is 1. The quantitative estimate of drug-likeness (QED) is 0.787. The van der Waals surface area contributed by atoms with Gasteiger partial charge >= 0.3 is 5.97 Å². The fraction of sp³-hybridized carbons (Fsp3) is 0.214. The molecule has 1 N–H and O–H groups in total. The molecule has 0 fully saturated rings. The van der Waals surface area contributed by atoms with Crippen LogP contribution >= 0.6 is 22.7 Å². The van der Waals surface area contributed by atoms with Crippen LogP contribution in [-0.2, 0) is 13.0 Å². The number of carboxylic acid groups (broad SMARTS) is 1. The van der Waals surface area contributed by atoms with E-state index in [2.05, 4.69) is 26.3 Å². The van der Waals surface area contributed by atoms with Gasteiger partial charge in [0.15, 0.2) is 0 Å². The highest BCUT2D eigenvalue weighted by molar-refractivity contribution is 7.20. The fourth-order valence-electron chi connectivity index (χ4n) is 2.62. The smallest absolute Gasteiger partial charge is 0.345 e. The van der Waals surface area contributed by atoms with Gasteiger partial charge in [0.2, 0.25) is 0 Å². The van der Waals surface area contributed by atoms with Gasteiger partial charge in [0.1, 0.15) is 21.9 Å². The number of thiophene rings is 2. The Bertz CT molecular complexity index is 840. The van der Waals surface area contributed by atoms with E-state index in [9.17, 15) is 4.79 Å². The minimum atomic E-state index is -0.914. The van der Waals surface area contributed by atoms with E-state index < -0.39 is 5.97 Å². The van der Waals surface area contributed by atoms with Crippen LogP contribution in [0.15, 0.2) is 23.8 Å². The molecule has 4 rings (SSSR count). The van der Waals surface area contributed by atoms with Crippen molar-refractivity contribution >= 4 is 44.7 Å². The maximum absolute atomic E-state index is 11.1. The predicted molar refractivity (Wildman–Crippen MR) is 83.4 cm³/mol. The predicted octanol–water partition coefficient (Wildman–Crippen LogP) is 3.01. The highest BCUT2D eigenvalue weighted by Crippen LogP contribution is 2.33. The van der Waals surface area contributed by atoms with E-state index in [1.165, 1.54) is 28.1 Å². The van der Waals surface area contributed by atoms with Crippen LogP contribution in [0.5, 0.6) is 0 Å². The first-order valence-corrected chi connectivity index (χ1v) is 8.20. The molecule has 7 heteroatoms. The molecule has 0 unspecified atom stereocenters. The summed E-state index contributed by atoms with van der Waals surface area (Å²) in [6, 6.07) is 3.86. The lowest BCUT2D eigenvalue weighted by Crippen LogP contribution is -2.30. The van der Waals surface area contributed by atoms with Gasteiger partial charge in [-0.25, -0.2) is 14.8 Å². The van der Waals surface area contributed by atoms with Gasteiger partial charge in [-0.2, -0.15) is 0 Å². The number of fused-ring (bicyclic) bond motifs is 2. The molecule has 3 aromatic rings. The third-order valence-electron chi connectivity index (χ3n) is 3.64. The van der Waals surface area contributed by atoms with Gasteiger partial charge < -0.3 is 10.0 Å². The number of carboxylic acids is 1. The van der Waals surface area contributed by atoms with Crippen molar-refractivity contribution < 1.29 is 9.90 Å². The first kappa shape index (κ1) is 12.7. The van der Waals surface area contributed by atoms with Crippen molar-refractivity contribution in [2.75, 3.05) is 11.4 Å². The summed E-state index contributed by atoms with van der Waals surface area (Å²) in [5, 5.41) is 12.1. The first-order valence-electron chi connectivity index (χ1n) is 6.50. The topological polar surface area (TPSA) is 66.3 Å². The molecular formula is C14H11N3O2S2. The van der Waals surface area contributed by atoms with Crippen molar-refractivity contribution in [2.24, 2.45) is 0 Å². The molecule has 106 valence electrons. The van der Waals surface area contributed by atoms with Gasteiger partial charge in [-0.3, -0.25) is 0 Å². The summed E-state index contributed by atoms with van der Waals surface area (Å²) in [6.45, 7) is 1.73. The summed E-state index contributed by atoms with van der Waals surface area (Å²) in [6.07, 6.45) is 2.52. The molecule has 0 aliphatic carbocycles. The molecule has 0 aromatic carbocycles. The number of aromatic nitrogens is 2. The third kappa shape index (κ3) is 2.09. The van der Waals surface area contributed by atoms with Crippen molar-refractivity contribution in [3.63, 3.8) is 0 Å². The Morgan fingerprint density at radius 2 is 2.29 bits per heavy atom. The second-order valence-corrected chi connectivity index (χ2v) is 6.90. The van der Waals surface area contributed by atoms with Crippen LogP contribution in [0.2, 0.25) is 0 Å². The Balaban J connectivity index is 1.78. The zero-order valence-electron chi connectivity index (χ0n) is 10.9. The van der Waals surface area contributed by atoms with E-state index in [4.69, 9.17) is 5.11 Å². The Morgan fingerprint density at radius 1 is 1.38 bits per heavy atom. The van der Waals surface area contributed by atoms with Crippen LogP contribution in [0.3, 0.4) is 0 Å². The second kappa shape index (κ2) is 4.78. The van der Waals surface area contributed by atoms with Crippen LogP contribution in [0.1, 0.15) is 20.1 Å². The van der Waals surface area contributed by atoms with Gasteiger partial charge in [0.05, 0.1) is 11.9 Å². The van der Waals surface area contributed by atoms with E-state index in [0.717, 1.165) is 35.5 Å². The number of carbonyl (C=O) groups is 1. The minimum absolute atomic E-state index is 0.306. The van der Waals surface area contributed by atoms with Crippen molar-refractivity contribution in [3.8, 4) is 0 Å². The normalized spacial score (nSPS) is 14.4. The zero-order valence-corrected chi connectivity index (χ0v) is 12.6. The molecule has 4 heterocycles. The van der Waals surface area contributed by atoms with Crippen LogP contribution in [0.4, 0.5) is 5.82 Å². The lowest BCUT2D eigenvalue weighted by Gasteiger charge is -2.28. The molecule has 0 saturated carbocycles. The Morgan fingerprint density at radius 3 is 3.14 bits per heavy atom. The summed E-state index contributed by atoms with van der Waals surface area (Å²) < 4.78 is 0. The lowest BCUT2D eigenvalue weighted by atomic mass is 10.1. The lowest BCUT2D eigenvalue weighted by molar-refractivity contribution is 0.0702. The zero-order chi connectivity index (χ0) is 14.4. The van der Waals surface area contributed by atoms with Gasteiger partial charge in [-0.05, 0) is 29.5 Å². The van der Waals surface area contributed by atoms with Crippen LogP contribution in [-0.4, -0.2) is 27.6 Å². The standard InChI is InChI=1S/C14H11N3O2S2/c18-14(19)10-5-9-12(15-7-16-13(9)21-10)17-3-1-8-2-4-20-11(8)6-17/h2,4-5,7H,1,3,6H2,(H,18,19). The molecule has 0 spiro atoms. The number of aromatic carboxylic acids is 1. The Labute approximate surface area is 128 Å². The molecule has 3 aromatic heterocycles. The number of nitrogens with zero attached hydrogens (tertiary/aromatic N) is 3. The largest absolute Gasteiger partial charge is 0.477 e. The SMILES string of the molecule is O=C(O)c1cc2c(N3CCc4ccsc4C3)ncnc2s1. The average molecular weight is 317 g/mol. The molecule has 0 saturated heterocycles. The minimum Gasteiger partial charge on any atom is -0.477 e. The molecule has 5 nitrogen and oxygen atoms in total. The summed E-state index contributed by atoms with van der Waals surface area (Å²) in [5.41, 5.74) is 1.41. The molecule has 0 atom stereocenters. The van der Waals surface area contributed by atoms with E-state index in [-0.39, 0.29) is 0 Å². The van der Waals surface area contributed by atoms with Crippen LogP contribution in [0.25, 0.3) is 10.2 Å². The molecule has 1 aliphatic heterocycles. The van der Waals surface area contributed by atoms with E-state index in [1.54, 1.807) is 17.4 Å². The molecule has 0 radical (unpaired) electrons. The van der Waals surface area contributed by atoms with E-state index in [0.29, 0.717) is 4.88 Å².